The molecule has 2 fully saturated rings. The smallest absolute Gasteiger partial charge is 0.407 e. The van der Waals surface area contributed by atoms with Gasteiger partial charge < -0.3 is 26.0 Å². The molecule has 0 aromatic heterocycles. The summed E-state index contributed by atoms with van der Waals surface area (Å²) in [5, 5.41) is 5.89. The van der Waals surface area contributed by atoms with Crippen LogP contribution in [0.25, 0.3) is 0 Å². The van der Waals surface area contributed by atoms with Gasteiger partial charge >= 0.3 is 6.09 Å². The average Bonchev–Trinajstić information content (AvgIpc) is 3.36. The number of likely N-dealkylation sites (tertiary alicyclic amines) is 1. The highest BCUT2D eigenvalue weighted by atomic mass is 32.2. The number of ether oxygens (including phenoxy) is 1. The van der Waals surface area contributed by atoms with Crippen molar-refractivity contribution >= 4 is 29.7 Å². The van der Waals surface area contributed by atoms with Crippen molar-refractivity contribution in [3.8, 4) is 0 Å². The number of hydrogen-bond donors (Lipinski definition) is 3. The second-order valence-electron chi connectivity index (χ2n) is 10.4. The van der Waals surface area contributed by atoms with E-state index in [-0.39, 0.29) is 24.5 Å². The van der Waals surface area contributed by atoms with E-state index < -0.39 is 22.9 Å². The van der Waals surface area contributed by atoms with Gasteiger partial charge in [-0.3, -0.25) is 9.59 Å². The number of alkyl carbamates (subject to hydrolysis) is 1. The Kier molecular flexibility index (Phi) is 10.5. The molecule has 3 rings (SSSR count). The standard InChI is InChI=1S/C27H42N4O4S/c1-4-35-26(34)30-23(27(2,3)36-18-20-9-6-5-7-10-20)25(33)31-16-8-11-22(31)24(32)29-17-19-12-14-21(28)15-13-19/h5-7,9-10,19,21-23H,4,8,11-18,28H2,1-3H3,(H,29,32)(H,30,34)/t19-,21-,22-,23-/m0/s1. The van der Waals surface area contributed by atoms with Gasteiger partial charge in [-0.15, -0.1) is 11.8 Å². The first-order valence-electron chi connectivity index (χ1n) is 13.2. The molecule has 0 spiro atoms. The molecular formula is C27H42N4O4S. The Morgan fingerprint density at radius 3 is 2.50 bits per heavy atom. The number of nitrogens with one attached hydrogen (secondary N) is 2. The Balaban J connectivity index is 1.68. The van der Waals surface area contributed by atoms with Crippen molar-refractivity contribution in [3.05, 3.63) is 35.9 Å². The van der Waals surface area contributed by atoms with Crippen LogP contribution in [-0.4, -0.2) is 65.4 Å². The normalized spacial score (nSPS) is 23.1. The lowest BCUT2D eigenvalue weighted by Crippen LogP contribution is -2.60. The van der Waals surface area contributed by atoms with Gasteiger partial charge in [0.25, 0.3) is 0 Å². The molecule has 0 unspecified atom stereocenters. The maximum Gasteiger partial charge on any atom is 0.407 e. The van der Waals surface area contributed by atoms with Gasteiger partial charge in [-0.05, 0) is 70.8 Å². The van der Waals surface area contributed by atoms with Gasteiger partial charge in [0.15, 0.2) is 0 Å². The monoisotopic (exact) mass is 518 g/mol. The van der Waals surface area contributed by atoms with E-state index in [9.17, 15) is 14.4 Å². The number of nitrogens with two attached hydrogens (primary N) is 1. The molecule has 1 saturated carbocycles. The summed E-state index contributed by atoms with van der Waals surface area (Å²) in [5.41, 5.74) is 7.14. The minimum Gasteiger partial charge on any atom is -0.450 e. The summed E-state index contributed by atoms with van der Waals surface area (Å²) < 4.78 is 4.48. The van der Waals surface area contributed by atoms with Gasteiger partial charge in [-0.25, -0.2) is 4.79 Å². The Morgan fingerprint density at radius 1 is 1.14 bits per heavy atom. The molecule has 0 bridgehead atoms. The molecule has 1 saturated heterocycles. The van der Waals surface area contributed by atoms with Crippen LogP contribution in [-0.2, 0) is 20.1 Å². The lowest BCUT2D eigenvalue weighted by Gasteiger charge is -2.37. The quantitative estimate of drug-likeness (QED) is 0.437. The van der Waals surface area contributed by atoms with Gasteiger partial charge in [0, 0.05) is 29.6 Å². The maximum absolute atomic E-state index is 13.8. The molecule has 4 N–H and O–H groups in total. The van der Waals surface area contributed by atoms with E-state index in [1.807, 2.05) is 44.2 Å². The van der Waals surface area contributed by atoms with Crippen molar-refractivity contribution in [1.29, 1.82) is 0 Å². The molecule has 9 heteroatoms. The molecule has 1 aromatic carbocycles. The van der Waals surface area contributed by atoms with Crippen LogP contribution in [0.3, 0.4) is 0 Å². The van der Waals surface area contributed by atoms with Gasteiger partial charge in [0.1, 0.15) is 12.1 Å². The summed E-state index contributed by atoms with van der Waals surface area (Å²) in [6, 6.07) is 8.93. The van der Waals surface area contributed by atoms with Crippen LogP contribution < -0.4 is 16.4 Å². The number of carbonyl (C=O) groups is 3. The highest BCUT2D eigenvalue weighted by Crippen LogP contribution is 2.34. The van der Waals surface area contributed by atoms with Crippen LogP contribution in [0.15, 0.2) is 30.3 Å². The van der Waals surface area contributed by atoms with Crippen molar-refractivity contribution in [2.45, 2.75) is 87.9 Å². The Bertz CT molecular complexity index is 874. The van der Waals surface area contributed by atoms with Crippen molar-refractivity contribution in [1.82, 2.24) is 15.5 Å². The summed E-state index contributed by atoms with van der Waals surface area (Å²) >= 11 is 1.60. The first kappa shape index (κ1) is 28.3. The third-order valence-electron chi connectivity index (χ3n) is 7.23. The minimum atomic E-state index is -0.835. The number of carbonyl (C=O) groups excluding carboxylic acids is 3. The molecular weight excluding hydrogens is 476 g/mol. The highest BCUT2D eigenvalue weighted by Gasteiger charge is 2.44. The zero-order valence-corrected chi connectivity index (χ0v) is 22.6. The van der Waals surface area contributed by atoms with Crippen LogP contribution in [0, 0.1) is 5.92 Å². The summed E-state index contributed by atoms with van der Waals surface area (Å²) in [6.45, 7) is 6.96. The molecule has 36 heavy (non-hydrogen) atoms. The molecule has 1 aliphatic carbocycles. The summed E-state index contributed by atoms with van der Waals surface area (Å²) in [6.07, 6.45) is 4.78. The number of thioether (sulfide) groups is 1. The molecule has 200 valence electrons. The van der Waals surface area contributed by atoms with Crippen LogP contribution in [0.2, 0.25) is 0 Å². The molecule has 8 nitrogen and oxygen atoms in total. The zero-order valence-electron chi connectivity index (χ0n) is 21.8. The van der Waals surface area contributed by atoms with E-state index in [0.717, 1.165) is 37.7 Å². The second-order valence-corrected chi connectivity index (χ2v) is 12.0. The molecule has 3 amide bonds. The van der Waals surface area contributed by atoms with E-state index in [2.05, 4.69) is 10.6 Å². The fourth-order valence-corrected chi connectivity index (χ4v) is 6.03. The van der Waals surface area contributed by atoms with Gasteiger partial charge in [-0.2, -0.15) is 0 Å². The molecule has 1 aromatic rings. The Hall–Kier alpha value is -2.26. The predicted octanol–water partition coefficient (Wildman–Crippen LogP) is 3.44. The van der Waals surface area contributed by atoms with Crippen molar-refractivity contribution < 1.29 is 19.1 Å². The third-order valence-corrected chi connectivity index (χ3v) is 8.69. The van der Waals surface area contributed by atoms with Crippen molar-refractivity contribution in [2.75, 3.05) is 19.7 Å². The minimum absolute atomic E-state index is 0.111. The van der Waals surface area contributed by atoms with E-state index in [4.69, 9.17) is 10.5 Å². The number of benzene rings is 1. The van der Waals surface area contributed by atoms with Crippen molar-refractivity contribution in [2.24, 2.45) is 11.7 Å². The molecule has 2 atom stereocenters. The van der Waals surface area contributed by atoms with Gasteiger partial charge in [-0.1, -0.05) is 30.3 Å². The van der Waals surface area contributed by atoms with Crippen LogP contribution in [0.5, 0.6) is 0 Å². The fraction of sp³-hybridized carbons (Fsp3) is 0.667. The van der Waals surface area contributed by atoms with E-state index in [1.54, 1.807) is 23.6 Å². The lowest BCUT2D eigenvalue weighted by molar-refractivity contribution is -0.140. The summed E-state index contributed by atoms with van der Waals surface area (Å²) in [5.74, 6) is 0.776. The van der Waals surface area contributed by atoms with Crippen LogP contribution in [0.4, 0.5) is 4.79 Å². The van der Waals surface area contributed by atoms with Crippen LogP contribution in [0.1, 0.15) is 64.9 Å². The molecule has 1 heterocycles. The summed E-state index contributed by atoms with van der Waals surface area (Å²) in [4.78, 5) is 41.0. The lowest BCUT2D eigenvalue weighted by atomic mass is 9.86. The van der Waals surface area contributed by atoms with E-state index in [1.165, 1.54) is 0 Å². The average molecular weight is 519 g/mol. The molecule has 1 aliphatic heterocycles. The number of nitrogens with zero attached hydrogens (tertiary/aromatic N) is 1. The Morgan fingerprint density at radius 2 is 1.83 bits per heavy atom. The number of amides is 3. The predicted molar refractivity (Wildman–Crippen MR) is 143 cm³/mol. The first-order chi connectivity index (χ1) is 17.2. The largest absolute Gasteiger partial charge is 0.450 e. The first-order valence-corrected chi connectivity index (χ1v) is 14.1. The molecule has 2 aliphatic rings. The van der Waals surface area contributed by atoms with Crippen LogP contribution >= 0.6 is 11.8 Å². The highest BCUT2D eigenvalue weighted by molar-refractivity contribution is 7.99. The fourth-order valence-electron chi connectivity index (χ4n) is 4.97. The third kappa shape index (κ3) is 7.87. The topological polar surface area (TPSA) is 114 Å². The van der Waals surface area contributed by atoms with Crippen molar-refractivity contribution in [3.63, 3.8) is 0 Å². The summed E-state index contributed by atoms with van der Waals surface area (Å²) in [7, 11) is 0. The number of hydrogen-bond acceptors (Lipinski definition) is 6. The number of rotatable bonds is 10. The maximum atomic E-state index is 13.8. The van der Waals surface area contributed by atoms with Gasteiger partial charge in [0.05, 0.1) is 6.61 Å². The SMILES string of the molecule is CCOC(=O)N[C@@H](C(=O)N1CCC[C@H]1C(=O)NC[C@H]1CC[C@H](N)CC1)C(C)(C)SCc1ccccc1. The molecule has 0 radical (unpaired) electrons. The van der Waals surface area contributed by atoms with Gasteiger partial charge in [0.2, 0.25) is 11.8 Å². The Labute approximate surface area is 219 Å². The zero-order chi connectivity index (χ0) is 26.1. The van der Waals surface area contributed by atoms with E-state index in [0.29, 0.717) is 31.2 Å². The van der Waals surface area contributed by atoms with E-state index >= 15 is 0 Å². The second kappa shape index (κ2) is 13.3.